The Morgan fingerprint density at radius 1 is 1.45 bits per heavy atom. The number of nitrogens with zero attached hydrogens (tertiary/aromatic N) is 1. The molecule has 0 saturated heterocycles. The van der Waals surface area contributed by atoms with E-state index in [-0.39, 0.29) is 0 Å². The lowest BCUT2D eigenvalue weighted by Gasteiger charge is -2.15. The number of rotatable bonds is 0. The molecule has 2 nitrogen and oxygen atoms in total. The molecule has 0 aromatic heterocycles. The zero-order valence-corrected chi connectivity index (χ0v) is 7.01. The molecule has 1 N–H and O–H groups in total. The Bertz CT molecular complexity index is 277. The van der Waals surface area contributed by atoms with Crippen LogP contribution < -0.4 is 4.90 Å². The molecule has 1 atom stereocenters. The van der Waals surface area contributed by atoms with Crippen LogP contribution in [0.25, 0.3) is 0 Å². The summed E-state index contributed by atoms with van der Waals surface area (Å²) in [6.07, 6.45) is 0. The summed E-state index contributed by atoms with van der Waals surface area (Å²) in [5.74, 6) is 0. The third kappa shape index (κ3) is 1.01. The van der Waals surface area contributed by atoms with Gasteiger partial charge in [0.05, 0.1) is 5.69 Å². The maximum Gasteiger partial charge on any atom is 0.180 e. The summed E-state index contributed by atoms with van der Waals surface area (Å²) < 4.78 is 0. The van der Waals surface area contributed by atoms with Gasteiger partial charge in [0.1, 0.15) is 0 Å². The Kier molecular flexibility index (Phi) is 1.55. The van der Waals surface area contributed by atoms with Crippen LogP contribution in [-0.4, -0.2) is 17.7 Å². The van der Waals surface area contributed by atoms with E-state index in [2.05, 4.69) is 0 Å². The molecule has 0 radical (unpaired) electrons. The molecule has 3 heteroatoms. The van der Waals surface area contributed by atoms with Gasteiger partial charge in [0.15, 0.2) is 5.56 Å². The normalized spacial score (nSPS) is 22.0. The summed E-state index contributed by atoms with van der Waals surface area (Å²) >= 11 is 1.48. The summed E-state index contributed by atoms with van der Waals surface area (Å²) in [6, 6.07) is 8.00. The molecule has 0 saturated carbocycles. The fourth-order valence-corrected chi connectivity index (χ4v) is 2.15. The Morgan fingerprint density at radius 3 is 2.91 bits per heavy atom. The molecule has 0 fully saturated rings. The second-order valence-corrected chi connectivity index (χ2v) is 3.62. The monoisotopic (exact) mass is 167 g/mol. The van der Waals surface area contributed by atoms with E-state index in [9.17, 15) is 5.11 Å². The smallest absolute Gasteiger partial charge is 0.180 e. The molecule has 2 rings (SSSR count). The number of para-hydroxylation sites is 1. The second-order valence-electron chi connectivity index (χ2n) is 2.52. The van der Waals surface area contributed by atoms with Crippen LogP contribution in [0.1, 0.15) is 0 Å². The van der Waals surface area contributed by atoms with Crippen LogP contribution in [0.4, 0.5) is 5.69 Å². The van der Waals surface area contributed by atoms with Gasteiger partial charge < -0.3 is 10.0 Å². The summed E-state index contributed by atoms with van der Waals surface area (Å²) in [7, 11) is 1.89. The predicted molar refractivity (Wildman–Crippen MR) is 46.7 cm³/mol. The largest absolute Gasteiger partial charge is 0.364 e. The number of hydrogen-bond acceptors (Lipinski definition) is 3. The first-order valence-electron chi connectivity index (χ1n) is 3.45. The summed E-state index contributed by atoms with van der Waals surface area (Å²) in [6.45, 7) is 0. The first-order chi connectivity index (χ1) is 5.29. The molecule has 1 unspecified atom stereocenters. The number of fused-ring (bicyclic) bond motifs is 1. The van der Waals surface area contributed by atoms with E-state index < -0.39 is 5.56 Å². The van der Waals surface area contributed by atoms with E-state index in [1.54, 1.807) is 0 Å². The maximum absolute atomic E-state index is 9.41. The van der Waals surface area contributed by atoms with Gasteiger partial charge in [-0.2, -0.15) is 0 Å². The van der Waals surface area contributed by atoms with Gasteiger partial charge >= 0.3 is 0 Å². The van der Waals surface area contributed by atoms with Crippen molar-refractivity contribution in [1.82, 2.24) is 0 Å². The first-order valence-corrected chi connectivity index (χ1v) is 4.33. The molecular formula is C8H9NOS. The topological polar surface area (TPSA) is 23.5 Å². The van der Waals surface area contributed by atoms with Crippen molar-refractivity contribution in [3.8, 4) is 0 Å². The summed E-state index contributed by atoms with van der Waals surface area (Å²) in [4.78, 5) is 3.02. The van der Waals surface area contributed by atoms with Crippen molar-refractivity contribution in [2.45, 2.75) is 10.5 Å². The Morgan fingerprint density at radius 2 is 2.18 bits per heavy atom. The van der Waals surface area contributed by atoms with Crippen LogP contribution in [0.5, 0.6) is 0 Å². The minimum absolute atomic E-state index is 0.410. The lowest BCUT2D eigenvalue weighted by Crippen LogP contribution is -2.23. The maximum atomic E-state index is 9.41. The number of hydrogen-bond donors (Lipinski definition) is 1. The molecular weight excluding hydrogens is 158 g/mol. The molecule has 1 aromatic rings. The highest BCUT2D eigenvalue weighted by atomic mass is 32.2. The van der Waals surface area contributed by atoms with Gasteiger partial charge in [0.25, 0.3) is 0 Å². The van der Waals surface area contributed by atoms with Crippen LogP contribution in [0.2, 0.25) is 0 Å². The number of thioether (sulfide) groups is 1. The average Bonchev–Trinajstić information content (AvgIpc) is 2.30. The van der Waals surface area contributed by atoms with E-state index in [4.69, 9.17) is 0 Å². The molecule has 0 spiro atoms. The molecule has 0 aliphatic carbocycles. The number of aliphatic hydroxyl groups is 1. The molecule has 1 aromatic carbocycles. The molecule has 1 aliphatic rings. The first kappa shape index (κ1) is 7.00. The van der Waals surface area contributed by atoms with Gasteiger partial charge in [-0.25, -0.2) is 0 Å². The number of aliphatic hydroxyl groups excluding tert-OH is 1. The van der Waals surface area contributed by atoms with E-state index in [1.807, 2.05) is 36.2 Å². The SMILES string of the molecule is CN1c2ccccc2SC1O. The average molecular weight is 167 g/mol. The van der Waals surface area contributed by atoms with Crippen molar-refractivity contribution >= 4 is 17.4 Å². The molecule has 0 bridgehead atoms. The molecule has 58 valence electrons. The zero-order valence-electron chi connectivity index (χ0n) is 6.19. The van der Waals surface area contributed by atoms with Gasteiger partial charge in [-0.3, -0.25) is 0 Å². The minimum atomic E-state index is -0.410. The van der Waals surface area contributed by atoms with Crippen molar-refractivity contribution in [3.05, 3.63) is 24.3 Å². The molecule has 0 amide bonds. The molecule has 11 heavy (non-hydrogen) atoms. The number of anilines is 1. The lowest BCUT2D eigenvalue weighted by molar-refractivity contribution is 0.267. The van der Waals surface area contributed by atoms with Gasteiger partial charge in [0.2, 0.25) is 0 Å². The minimum Gasteiger partial charge on any atom is -0.364 e. The van der Waals surface area contributed by atoms with Crippen molar-refractivity contribution in [2.24, 2.45) is 0 Å². The van der Waals surface area contributed by atoms with E-state index >= 15 is 0 Å². The summed E-state index contributed by atoms with van der Waals surface area (Å²) in [5, 5.41) is 9.41. The van der Waals surface area contributed by atoms with Gasteiger partial charge in [0, 0.05) is 11.9 Å². The Hall–Kier alpha value is -0.670. The highest BCUT2D eigenvalue weighted by Gasteiger charge is 2.23. The van der Waals surface area contributed by atoms with E-state index in [1.165, 1.54) is 11.8 Å². The van der Waals surface area contributed by atoms with Gasteiger partial charge in [-0.1, -0.05) is 23.9 Å². The van der Waals surface area contributed by atoms with Crippen LogP contribution in [0, 0.1) is 0 Å². The fraction of sp³-hybridized carbons (Fsp3) is 0.250. The van der Waals surface area contributed by atoms with Crippen molar-refractivity contribution in [2.75, 3.05) is 11.9 Å². The van der Waals surface area contributed by atoms with E-state index in [0.717, 1.165) is 10.6 Å². The van der Waals surface area contributed by atoms with Crippen molar-refractivity contribution in [3.63, 3.8) is 0 Å². The third-order valence-corrected chi connectivity index (χ3v) is 2.94. The summed E-state index contributed by atoms with van der Waals surface area (Å²) in [5.41, 5.74) is 0.706. The van der Waals surface area contributed by atoms with Crippen LogP contribution in [0.3, 0.4) is 0 Å². The zero-order chi connectivity index (χ0) is 7.84. The van der Waals surface area contributed by atoms with Crippen LogP contribution >= 0.6 is 11.8 Å². The van der Waals surface area contributed by atoms with Crippen molar-refractivity contribution < 1.29 is 5.11 Å². The lowest BCUT2D eigenvalue weighted by atomic mass is 10.3. The van der Waals surface area contributed by atoms with E-state index in [0.29, 0.717) is 0 Å². The van der Waals surface area contributed by atoms with Crippen LogP contribution in [0.15, 0.2) is 29.2 Å². The second kappa shape index (κ2) is 2.43. The fourth-order valence-electron chi connectivity index (χ4n) is 1.16. The predicted octanol–water partition coefficient (Wildman–Crippen LogP) is 1.50. The van der Waals surface area contributed by atoms with Gasteiger partial charge in [-0.05, 0) is 12.1 Å². The standard InChI is InChI=1S/C8H9NOS/c1-9-6-4-2-3-5-7(6)11-8(9)10/h2-5,8,10H,1H3. The number of benzene rings is 1. The molecule has 1 aliphatic heterocycles. The van der Waals surface area contributed by atoms with Crippen LogP contribution in [-0.2, 0) is 0 Å². The Balaban J connectivity index is 2.47. The Labute approximate surface area is 69.8 Å². The van der Waals surface area contributed by atoms with Gasteiger partial charge in [-0.15, -0.1) is 0 Å². The molecule has 1 heterocycles. The highest BCUT2D eigenvalue weighted by Crippen LogP contribution is 2.40. The highest BCUT2D eigenvalue weighted by molar-refractivity contribution is 8.00. The quantitative estimate of drug-likeness (QED) is 0.633. The third-order valence-electron chi connectivity index (χ3n) is 1.81. The van der Waals surface area contributed by atoms with Crippen molar-refractivity contribution in [1.29, 1.82) is 0 Å².